The van der Waals surface area contributed by atoms with Gasteiger partial charge in [-0.05, 0) is 32.6 Å². The quantitative estimate of drug-likeness (QED) is 0.846. The average Bonchev–Trinajstić information content (AvgIpc) is 3.04. The Kier molecular flexibility index (Phi) is 6.88. The zero-order chi connectivity index (χ0) is 18.4. The van der Waals surface area contributed by atoms with E-state index in [0.29, 0.717) is 24.0 Å². The van der Waals surface area contributed by atoms with E-state index in [-0.39, 0.29) is 18.0 Å². The van der Waals surface area contributed by atoms with Gasteiger partial charge in [0.2, 0.25) is 0 Å². The smallest absolute Gasteiger partial charge is 0.317 e. The highest BCUT2D eigenvalue weighted by molar-refractivity contribution is 7.11. The van der Waals surface area contributed by atoms with Gasteiger partial charge in [-0.15, -0.1) is 11.3 Å². The molecule has 2 N–H and O–H groups in total. The lowest BCUT2D eigenvalue weighted by molar-refractivity contribution is 0.0921. The summed E-state index contributed by atoms with van der Waals surface area (Å²) in [6.45, 7) is 3.25. The number of aryl methyl sites for hydroxylation is 1. The monoisotopic (exact) mass is 378 g/mol. The van der Waals surface area contributed by atoms with E-state index in [1.165, 1.54) is 43.4 Å². The molecule has 1 aromatic rings. The SMILES string of the molecule is Cc1ncsc1C(=O)NC1CCN(C(=O)NC2CCCCCCC2)CC1. The Morgan fingerprint density at radius 2 is 1.62 bits per heavy atom. The van der Waals surface area contributed by atoms with Crippen molar-refractivity contribution in [3.8, 4) is 0 Å². The molecule has 2 aliphatic rings. The van der Waals surface area contributed by atoms with Crippen LogP contribution in [0.15, 0.2) is 5.51 Å². The molecule has 144 valence electrons. The number of likely N-dealkylation sites (tertiary alicyclic amines) is 1. The topological polar surface area (TPSA) is 74.3 Å². The average molecular weight is 379 g/mol. The van der Waals surface area contributed by atoms with Gasteiger partial charge in [-0.25, -0.2) is 9.78 Å². The minimum absolute atomic E-state index is 0.0394. The summed E-state index contributed by atoms with van der Waals surface area (Å²) in [5, 5.41) is 6.33. The molecule has 1 aromatic heterocycles. The van der Waals surface area contributed by atoms with E-state index in [0.717, 1.165) is 31.4 Å². The zero-order valence-electron chi connectivity index (χ0n) is 15.6. The minimum Gasteiger partial charge on any atom is -0.348 e. The van der Waals surface area contributed by atoms with E-state index in [1.807, 2.05) is 11.8 Å². The van der Waals surface area contributed by atoms with Gasteiger partial charge >= 0.3 is 6.03 Å². The van der Waals surface area contributed by atoms with E-state index in [9.17, 15) is 9.59 Å². The first-order valence-electron chi connectivity index (χ1n) is 9.90. The van der Waals surface area contributed by atoms with Crippen LogP contribution in [0.2, 0.25) is 0 Å². The molecule has 0 unspecified atom stereocenters. The molecule has 1 aliphatic heterocycles. The Morgan fingerprint density at radius 1 is 1.00 bits per heavy atom. The van der Waals surface area contributed by atoms with E-state index in [2.05, 4.69) is 15.6 Å². The predicted molar refractivity (Wildman–Crippen MR) is 104 cm³/mol. The van der Waals surface area contributed by atoms with Gasteiger partial charge in [-0.3, -0.25) is 4.79 Å². The second-order valence-corrected chi connectivity index (χ2v) is 8.35. The van der Waals surface area contributed by atoms with Crippen molar-refractivity contribution < 1.29 is 9.59 Å². The maximum atomic E-state index is 12.5. The normalized spacial score (nSPS) is 20.3. The van der Waals surface area contributed by atoms with Crippen LogP contribution in [0.3, 0.4) is 0 Å². The standard InChI is InChI=1S/C19H30N4O2S/c1-14-17(26-13-20-14)18(24)21-16-9-11-23(12-10-16)19(25)22-15-7-5-3-2-4-6-8-15/h13,15-16H,2-12H2,1H3,(H,21,24)(H,22,25). The van der Waals surface area contributed by atoms with Crippen LogP contribution in [0.5, 0.6) is 0 Å². The van der Waals surface area contributed by atoms with Gasteiger partial charge in [0.1, 0.15) is 4.88 Å². The van der Waals surface area contributed by atoms with E-state index in [4.69, 9.17) is 0 Å². The fourth-order valence-electron chi connectivity index (χ4n) is 3.86. The number of thiazole rings is 1. The molecule has 2 heterocycles. The van der Waals surface area contributed by atoms with Crippen molar-refractivity contribution in [2.75, 3.05) is 13.1 Å². The van der Waals surface area contributed by atoms with E-state index in [1.54, 1.807) is 5.51 Å². The van der Waals surface area contributed by atoms with Gasteiger partial charge in [0, 0.05) is 25.2 Å². The van der Waals surface area contributed by atoms with Crippen LogP contribution < -0.4 is 10.6 Å². The molecule has 1 aliphatic carbocycles. The number of carbonyl (C=O) groups excluding carboxylic acids is 2. The summed E-state index contributed by atoms with van der Waals surface area (Å²) in [5.74, 6) is -0.0394. The molecule has 0 aromatic carbocycles. The van der Waals surface area contributed by atoms with Crippen molar-refractivity contribution in [2.24, 2.45) is 0 Å². The summed E-state index contributed by atoms with van der Waals surface area (Å²) in [4.78, 5) is 31.6. The lowest BCUT2D eigenvalue weighted by Crippen LogP contribution is -2.51. The number of piperidine rings is 1. The lowest BCUT2D eigenvalue weighted by Gasteiger charge is -2.33. The Morgan fingerprint density at radius 3 is 2.23 bits per heavy atom. The maximum Gasteiger partial charge on any atom is 0.317 e. The highest BCUT2D eigenvalue weighted by Crippen LogP contribution is 2.18. The predicted octanol–water partition coefficient (Wildman–Crippen LogP) is 3.47. The number of rotatable bonds is 3. The van der Waals surface area contributed by atoms with Crippen molar-refractivity contribution in [3.63, 3.8) is 0 Å². The fourth-order valence-corrected chi connectivity index (χ4v) is 4.57. The number of amides is 3. The lowest BCUT2D eigenvalue weighted by atomic mass is 9.97. The van der Waals surface area contributed by atoms with Crippen LogP contribution in [0.4, 0.5) is 4.79 Å². The third-order valence-electron chi connectivity index (χ3n) is 5.50. The molecule has 6 nitrogen and oxygen atoms in total. The second kappa shape index (κ2) is 9.35. The molecule has 1 saturated carbocycles. The van der Waals surface area contributed by atoms with Crippen molar-refractivity contribution >= 4 is 23.3 Å². The van der Waals surface area contributed by atoms with Gasteiger partial charge < -0.3 is 15.5 Å². The summed E-state index contributed by atoms with van der Waals surface area (Å²) >= 11 is 1.38. The maximum absolute atomic E-state index is 12.5. The molecule has 0 spiro atoms. The molecule has 7 heteroatoms. The molecular formula is C19H30N4O2S. The van der Waals surface area contributed by atoms with Gasteiger partial charge in [-0.2, -0.15) is 0 Å². The third kappa shape index (κ3) is 5.19. The van der Waals surface area contributed by atoms with Crippen molar-refractivity contribution in [1.82, 2.24) is 20.5 Å². The first-order valence-corrected chi connectivity index (χ1v) is 10.8. The summed E-state index contributed by atoms with van der Waals surface area (Å²) in [6.07, 6.45) is 10.2. The molecule has 26 heavy (non-hydrogen) atoms. The molecule has 0 radical (unpaired) electrons. The number of nitrogens with one attached hydrogen (secondary N) is 2. The third-order valence-corrected chi connectivity index (χ3v) is 6.43. The van der Waals surface area contributed by atoms with Gasteiger partial charge in [0.05, 0.1) is 11.2 Å². The molecule has 0 bridgehead atoms. The van der Waals surface area contributed by atoms with Crippen LogP contribution in [0.1, 0.15) is 73.2 Å². The van der Waals surface area contributed by atoms with Gasteiger partial charge in [0.25, 0.3) is 5.91 Å². The largest absolute Gasteiger partial charge is 0.348 e. The second-order valence-electron chi connectivity index (χ2n) is 7.49. The summed E-state index contributed by atoms with van der Waals surface area (Å²) in [5.41, 5.74) is 2.48. The van der Waals surface area contributed by atoms with Crippen LogP contribution in [-0.4, -0.2) is 47.0 Å². The number of hydrogen-bond donors (Lipinski definition) is 2. The van der Waals surface area contributed by atoms with Crippen molar-refractivity contribution in [1.29, 1.82) is 0 Å². The molecule has 1 saturated heterocycles. The van der Waals surface area contributed by atoms with Crippen molar-refractivity contribution in [2.45, 2.75) is 76.8 Å². The first kappa shape index (κ1) is 19.1. The minimum atomic E-state index is -0.0394. The summed E-state index contributed by atoms with van der Waals surface area (Å²) < 4.78 is 0. The Hall–Kier alpha value is -1.63. The van der Waals surface area contributed by atoms with E-state index < -0.39 is 0 Å². The molecule has 3 amide bonds. The highest BCUT2D eigenvalue weighted by atomic mass is 32.1. The van der Waals surface area contributed by atoms with Crippen LogP contribution in [-0.2, 0) is 0 Å². The van der Waals surface area contributed by atoms with Crippen LogP contribution >= 0.6 is 11.3 Å². The zero-order valence-corrected chi connectivity index (χ0v) is 16.4. The molecular weight excluding hydrogens is 348 g/mol. The highest BCUT2D eigenvalue weighted by Gasteiger charge is 2.26. The number of aromatic nitrogens is 1. The number of carbonyl (C=O) groups is 2. The van der Waals surface area contributed by atoms with Gasteiger partial charge in [0.15, 0.2) is 0 Å². The van der Waals surface area contributed by atoms with Crippen molar-refractivity contribution in [3.05, 3.63) is 16.1 Å². The summed E-state index contributed by atoms with van der Waals surface area (Å²) in [6, 6.07) is 0.530. The van der Waals surface area contributed by atoms with Crippen LogP contribution in [0.25, 0.3) is 0 Å². The van der Waals surface area contributed by atoms with Gasteiger partial charge in [-0.1, -0.05) is 32.1 Å². The fraction of sp³-hybridized carbons (Fsp3) is 0.737. The first-order chi connectivity index (χ1) is 12.6. The number of urea groups is 1. The molecule has 3 rings (SSSR count). The number of hydrogen-bond acceptors (Lipinski definition) is 4. The van der Waals surface area contributed by atoms with Crippen LogP contribution in [0, 0.1) is 6.92 Å². The Bertz CT molecular complexity index is 602. The van der Waals surface area contributed by atoms with E-state index >= 15 is 0 Å². The molecule has 2 fully saturated rings. The Labute approximate surface area is 159 Å². The Balaban J connectivity index is 1.42. The summed E-state index contributed by atoms with van der Waals surface area (Å²) in [7, 11) is 0. The number of nitrogens with zero attached hydrogens (tertiary/aromatic N) is 2. The molecule has 0 atom stereocenters.